The van der Waals surface area contributed by atoms with Crippen molar-refractivity contribution in [1.29, 1.82) is 0 Å². The minimum Gasteiger partial charge on any atom is -0.426 e. The molecule has 0 saturated heterocycles. The predicted molar refractivity (Wildman–Crippen MR) is 58.8 cm³/mol. The smallest absolute Gasteiger partial charge is 0.314 e. The average Bonchev–Trinajstić information content (AvgIpc) is 2.74. The van der Waals surface area contributed by atoms with E-state index >= 15 is 0 Å². The molecule has 1 saturated carbocycles. The largest absolute Gasteiger partial charge is 0.426 e. The van der Waals surface area contributed by atoms with Crippen LogP contribution in [-0.2, 0) is 4.79 Å². The van der Waals surface area contributed by atoms with Crippen LogP contribution in [0.4, 0.5) is 0 Å². The Hall–Kier alpha value is -1.31. The van der Waals surface area contributed by atoms with Gasteiger partial charge in [-0.2, -0.15) is 0 Å². The highest BCUT2D eigenvalue weighted by Crippen LogP contribution is 2.27. The molecular weight excluding hydrogens is 188 g/mol. The van der Waals surface area contributed by atoms with Gasteiger partial charge in [0.1, 0.15) is 5.75 Å². The van der Waals surface area contributed by atoms with Gasteiger partial charge in [0, 0.05) is 0 Å². The van der Waals surface area contributed by atoms with Crippen LogP contribution in [0.15, 0.2) is 24.3 Å². The van der Waals surface area contributed by atoms with Crippen molar-refractivity contribution in [2.24, 2.45) is 5.92 Å². The van der Waals surface area contributed by atoms with E-state index in [1.807, 2.05) is 31.2 Å². The minimum atomic E-state index is -0.0539. The number of hydrogen-bond acceptors (Lipinski definition) is 2. The highest BCUT2D eigenvalue weighted by molar-refractivity contribution is 5.75. The summed E-state index contributed by atoms with van der Waals surface area (Å²) in [7, 11) is 0. The van der Waals surface area contributed by atoms with Crippen molar-refractivity contribution in [2.45, 2.75) is 32.6 Å². The van der Waals surface area contributed by atoms with Gasteiger partial charge in [0.15, 0.2) is 0 Å². The molecule has 0 spiro atoms. The Morgan fingerprint density at radius 1 is 1.27 bits per heavy atom. The maximum Gasteiger partial charge on any atom is 0.314 e. The van der Waals surface area contributed by atoms with Crippen molar-refractivity contribution in [1.82, 2.24) is 0 Å². The van der Waals surface area contributed by atoms with E-state index in [0.29, 0.717) is 5.75 Å². The van der Waals surface area contributed by atoms with Gasteiger partial charge < -0.3 is 4.74 Å². The molecular formula is C13H16O2. The third-order valence-electron chi connectivity index (χ3n) is 2.99. The number of esters is 1. The van der Waals surface area contributed by atoms with Crippen LogP contribution >= 0.6 is 0 Å². The van der Waals surface area contributed by atoms with Gasteiger partial charge in [0.05, 0.1) is 5.92 Å². The van der Waals surface area contributed by atoms with Crippen molar-refractivity contribution >= 4 is 5.97 Å². The zero-order chi connectivity index (χ0) is 10.7. The highest BCUT2D eigenvalue weighted by Gasteiger charge is 2.24. The lowest BCUT2D eigenvalue weighted by Crippen LogP contribution is -2.17. The Kier molecular flexibility index (Phi) is 3.05. The van der Waals surface area contributed by atoms with Gasteiger partial charge in [0.2, 0.25) is 0 Å². The van der Waals surface area contributed by atoms with Crippen LogP contribution in [0, 0.1) is 12.8 Å². The third kappa shape index (κ3) is 2.38. The fraction of sp³-hybridized carbons (Fsp3) is 0.462. The molecule has 0 unspecified atom stereocenters. The number of hydrogen-bond donors (Lipinski definition) is 0. The summed E-state index contributed by atoms with van der Waals surface area (Å²) < 4.78 is 5.39. The Morgan fingerprint density at radius 2 is 1.93 bits per heavy atom. The number of ether oxygens (including phenoxy) is 1. The molecule has 0 bridgehead atoms. The average molecular weight is 204 g/mol. The first kappa shape index (κ1) is 10.2. The van der Waals surface area contributed by atoms with Crippen LogP contribution in [0.5, 0.6) is 5.75 Å². The second-order valence-electron chi connectivity index (χ2n) is 4.17. The Morgan fingerprint density at radius 3 is 2.60 bits per heavy atom. The lowest BCUT2D eigenvalue weighted by atomic mass is 10.1. The van der Waals surface area contributed by atoms with Crippen molar-refractivity contribution in [3.05, 3.63) is 29.8 Å². The summed E-state index contributed by atoms with van der Waals surface area (Å²) >= 11 is 0. The molecule has 2 nitrogen and oxygen atoms in total. The first-order valence-electron chi connectivity index (χ1n) is 5.54. The summed E-state index contributed by atoms with van der Waals surface area (Å²) in [6.07, 6.45) is 4.30. The van der Waals surface area contributed by atoms with E-state index in [0.717, 1.165) is 31.2 Å². The molecule has 1 fully saturated rings. The molecule has 0 aromatic heterocycles. The highest BCUT2D eigenvalue weighted by atomic mass is 16.5. The molecule has 0 amide bonds. The van der Waals surface area contributed by atoms with E-state index in [-0.39, 0.29) is 11.9 Å². The van der Waals surface area contributed by atoms with Gasteiger partial charge in [-0.1, -0.05) is 31.0 Å². The first-order chi connectivity index (χ1) is 7.27. The molecule has 2 heteroatoms. The fourth-order valence-corrected chi connectivity index (χ4v) is 2.02. The third-order valence-corrected chi connectivity index (χ3v) is 2.99. The molecule has 0 aliphatic heterocycles. The maximum absolute atomic E-state index is 11.7. The minimum absolute atomic E-state index is 0.0539. The first-order valence-corrected chi connectivity index (χ1v) is 5.54. The quantitative estimate of drug-likeness (QED) is 0.546. The molecule has 0 atom stereocenters. The van der Waals surface area contributed by atoms with Crippen molar-refractivity contribution in [3.63, 3.8) is 0 Å². The Labute approximate surface area is 90.3 Å². The van der Waals surface area contributed by atoms with Gasteiger partial charge in [-0.25, -0.2) is 0 Å². The zero-order valence-corrected chi connectivity index (χ0v) is 9.03. The molecule has 15 heavy (non-hydrogen) atoms. The molecule has 1 aromatic carbocycles. The Balaban J connectivity index is 2.02. The number of rotatable bonds is 2. The van der Waals surface area contributed by atoms with Crippen molar-refractivity contribution in [3.8, 4) is 5.75 Å². The van der Waals surface area contributed by atoms with E-state index in [4.69, 9.17) is 4.74 Å². The lowest BCUT2D eigenvalue weighted by molar-refractivity contribution is -0.138. The molecule has 80 valence electrons. The topological polar surface area (TPSA) is 26.3 Å². The number of aryl methyl sites for hydroxylation is 1. The second-order valence-corrected chi connectivity index (χ2v) is 4.17. The number of carbonyl (C=O) groups excluding carboxylic acids is 1. The normalized spacial score (nSPS) is 16.6. The van der Waals surface area contributed by atoms with Gasteiger partial charge in [0.25, 0.3) is 0 Å². The lowest BCUT2D eigenvalue weighted by Gasteiger charge is -2.10. The van der Waals surface area contributed by atoms with Gasteiger partial charge in [-0.15, -0.1) is 0 Å². The van der Waals surface area contributed by atoms with E-state index < -0.39 is 0 Å². The predicted octanol–water partition coefficient (Wildman–Crippen LogP) is 3.09. The number of benzene rings is 1. The Bertz CT molecular complexity index is 351. The molecule has 1 aliphatic carbocycles. The summed E-state index contributed by atoms with van der Waals surface area (Å²) in [5.41, 5.74) is 1.02. The van der Waals surface area contributed by atoms with E-state index in [9.17, 15) is 4.79 Å². The monoisotopic (exact) mass is 204 g/mol. The van der Waals surface area contributed by atoms with Crippen LogP contribution in [-0.4, -0.2) is 5.97 Å². The maximum atomic E-state index is 11.7. The van der Waals surface area contributed by atoms with Crippen LogP contribution in [0.3, 0.4) is 0 Å². The molecule has 0 heterocycles. The van der Waals surface area contributed by atoms with Crippen molar-refractivity contribution in [2.75, 3.05) is 0 Å². The summed E-state index contributed by atoms with van der Waals surface area (Å²) in [6.45, 7) is 1.96. The number of carbonyl (C=O) groups is 1. The van der Waals surface area contributed by atoms with E-state index in [1.165, 1.54) is 0 Å². The summed E-state index contributed by atoms with van der Waals surface area (Å²) in [5.74, 6) is 0.779. The van der Waals surface area contributed by atoms with Crippen molar-refractivity contribution < 1.29 is 9.53 Å². The molecule has 1 aromatic rings. The summed E-state index contributed by atoms with van der Waals surface area (Å²) in [6, 6.07) is 7.64. The summed E-state index contributed by atoms with van der Waals surface area (Å²) in [5, 5.41) is 0. The summed E-state index contributed by atoms with van der Waals surface area (Å²) in [4.78, 5) is 11.7. The molecule has 0 N–H and O–H groups in total. The van der Waals surface area contributed by atoms with Crippen LogP contribution in [0.25, 0.3) is 0 Å². The van der Waals surface area contributed by atoms with Crippen LogP contribution in [0.1, 0.15) is 31.2 Å². The van der Waals surface area contributed by atoms with E-state index in [2.05, 4.69) is 0 Å². The van der Waals surface area contributed by atoms with Gasteiger partial charge >= 0.3 is 5.97 Å². The molecule has 2 rings (SSSR count). The number of para-hydroxylation sites is 1. The van der Waals surface area contributed by atoms with E-state index in [1.54, 1.807) is 0 Å². The van der Waals surface area contributed by atoms with Gasteiger partial charge in [-0.3, -0.25) is 4.79 Å². The zero-order valence-electron chi connectivity index (χ0n) is 9.03. The van der Waals surface area contributed by atoms with Crippen LogP contribution in [0.2, 0.25) is 0 Å². The molecule has 0 radical (unpaired) electrons. The SMILES string of the molecule is Cc1ccccc1OC(=O)C1CCCC1. The second kappa shape index (κ2) is 4.47. The fourth-order valence-electron chi connectivity index (χ4n) is 2.02. The standard InChI is InChI=1S/C13H16O2/c1-10-6-2-5-9-12(10)15-13(14)11-7-3-4-8-11/h2,5-6,9,11H,3-4,7-8H2,1H3. The molecule has 1 aliphatic rings. The van der Waals surface area contributed by atoms with Gasteiger partial charge in [-0.05, 0) is 31.4 Å². The van der Waals surface area contributed by atoms with Crippen LogP contribution < -0.4 is 4.74 Å².